The molecule has 0 aliphatic heterocycles. The molecule has 0 aromatic carbocycles. The van der Waals surface area contributed by atoms with E-state index >= 15 is 0 Å². The highest BCUT2D eigenvalue weighted by molar-refractivity contribution is 5.22. The first-order valence-corrected chi connectivity index (χ1v) is 4.93. The summed E-state index contributed by atoms with van der Waals surface area (Å²) in [5, 5.41) is 3.34. The smallest absolute Gasteiger partial charge is 0.0954 e. The lowest BCUT2D eigenvalue weighted by Gasteiger charge is -2.14. The molecule has 1 unspecified atom stereocenters. The van der Waals surface area contributed by atoms with E-state index in [0.717, 1.165) is 17.8 Å². The van der Waals surface area contributed by atoms with Gasteiger partial charge in [0.15, 0.2) is 0 Å². The Morgan fingerprint density at radius 2 is 2.40 bits per heavy atom. The zero-order valence-electron chi connectivity index (χ0n) is 8.55. The maximum Gasteiger partial charge on any atom is 0.0954 e. The van der Waals surface area contributed by atoms with Gasteiger partial charge in [0.05, 0.1) is 30.5 Å². The van der Waals surface area contributed by atoms with Gasteiger partial charge in [-0.1, -0.05) is 6.92 Å². The average molecular weight is 203 g/mol. The second kappa shape index (κ2) is 4.70. The van der Waals surface area contributed by atoms with Gasteiger partial charge < -0.3 is 9.73 Å². The number of hydrogen-bond donors (Lipinski definition) is 1. The molecule has 0 spiro atoms. The van der Waals surface area contributed by atoms with E-state index in [9.17, 15) is 0 Å². The topological polar surface area (TPSA) is 51.0 Å². The molecular weight excluding hydrogens is 190 g/mol. The van der Waals surface area contributed by atoms with E-state index in [-0.39, 0.29) is 6.04 Å². The third-order valence-corrected chi connectivity index (χ3v) is 2.16. The molecule has 4 nitrogen and oxygen atoms in total. The minimum atomic E-state index is 0.0578. The highest BCUT2D eigenvalue weighted by Gasteiger charge is 2.14. The Kier molecular flexibility index (Phi) is 3.09. The molecule has 1 atom stereocenters. The summed E-state index contributed by atoms with van der Waals surface area (Å²) in [5.41, 5.74) is 1.97. The molecule has 0 saturated heterocycles. The molecule has 2 aromatic rings. The van der Waals surface area contributed by atoms with Crippen molar-refractivity contribution in [2.75, 3.05) is 6.54 Å². The molecule has 1 N–H and O–H groups in total. The number of nitrogens with one attached hydrogen (secondary N) is 1. The minimum absolute atomic E-state index is 0.0578. The fraction of sp³-hybridized carbons (Fsp3) is 0.273. The van der Waals surface area contributed by atoms with Crippen LogP contribution in [-0.4, -0.2) is 16.5 Å². The standard InChI is InChI=1S/C11H13N3O/c1-2-13-11(9-3-6-15-8-9)10-7-12-4-5-14-10/h3-8,11,13H,2H2,1H3. The summed E-state index contributed by atoms with van der Waals surface area (Å²) in [6.45, 7) is 2.93. The van der Waals surface area contributed by atoms with E-state index < -0.39 is 0 Å². The molecule has 4 heteroatoms. The molecule has 15 heavy (non-hydrogen) atoms. The van der Waals surface area contributed by atoms with Crippen LogP contribution in [0.2, 0.25) is 0 Å². The van der Waals surface area contributed by atoms with Crippen molar-refractivity contribution in [1.82, 2.24) is 15.3 Å². The zero-order valence-corrected chi connectivity index (χ0v) is 8.55. The quantitative estimate of drug-likeness (QED) is 0.822. The Bertz CT molecular complexity index is 385. The van der Waals surface area contributed by atoms with Crippen LogP contribution in [0.3, 0.4) is 0 Å². The molecule has 0 saturated carbocycles. The van der Waals surface area contributed by atoms with Gasteiger partial charge in [-0.3, -0.25) is 9.97 Å². The van der Waals surface area contributed by atoms with E-state index in [1.54, 1.807) is 31.1 Å². The van der Waals surface area contributed by atoms with Crippen molar-refractivity contribution in [3.63, 3.8) is 0 Å². The molecule has 0 fully saturated rings. The van der Waals surface area contributed by atoms with Crippen molar-refractivity contribution in [2.45, 2.75) is 13.0 Å². The van der Waals surface area contributed by atoms with Crippen molar-refractivity contribution in [2.24, 2.45) is 0 Å². The van der Waals surface area contributed by atoms with E-state index in [4.69, 9.17) is 4.42 Å². The van der Waals surface area contributed by atoms with Crippen LogP contribution in [0.4, 0.5) is 0 Å². The molecule has 0 radical (unpaired) electrons. The van der Waals surface area contributed by atoms with Crippen molar-refractivity contribution in [3.8, 4) is 0 Å². The molecule has 0 bridgehead atoms. The summed E-state index contributed by atoms with van der Waals surface area (Å²) in [6, 6.07) is 1.99. The molecule has 0 aliphatic rings. The SMILES string of the molecule is CCNC(c1ccoc1)c1cnccn1. The average Bonchev–Trinajstić information content (AvgIpc) is 2.80. The Morgan fingerprint density at radius 3 is 3.00 bits per heavy atom. The zero-order chi connectivity index (χ0) is 10.5. The van der Waals surface area contributed by atoms with Crippen LogP contribution in [-0.2, 0) is 0 Å². The Labute approximate surface area is 88.4 Å². The van der Waals surface area contributed by atoms with Crippen molar-refractivity contribution in [3.05, 3.63) is 48.4 Å². The van der Waals surface area contributed by atoms with Crippen LogP contribution in [0.1, 0.15) is 24.2 Å². The minimum Gasteiger partial charge on any atom is -0.472 e. The van der Waals surface area contributed by atoms with Crippen molar-refractivity contribution < 1.29 is 4.42 Å². The lowest BCUT2D eigenvalue weighted by atomic mass is 10.1. The van der Waals surface area contributed by atoms with Crippen LogP contribution in [0.15, 0.2) is 41.6 Å². The number of nitrogens with zero attached hydrogens (tertiary/aromatic N) is 2. The Balaban J connectivity index is 2.28. The van der Waals surface area contributed by atoms with Gasteiger partial charge >= 0.3 is 0 Å². The molecule has 2 rings (SSSR count). The molecule has 0 aliphatic carbocycles. The first-order chi connectivity index (χ1) is 7.42. The van der Waals surface area contributed by atoms with Crippen LogP contribution in [0, 0.1) is 0 Å². The summed E-state index contributed by atoms with van der Waals surface area (Å²) in [7, 11) is 0. The van der Waals surface area contributed by atoms with Crippen molar-refractivity contribution >= 4 is 0 Å². The lowest BCUT2D eigenvalue weighted by molar-refractivity contribution is 0.550. The van der Waals surface area contributed by atoms with Gasteiger partial charge in [-0.25, -0.2) is 0 Å². The van der Waals surface area contributed by atoms with Gasteiger partial charge in [-0.05, 0) is 12.6 Å². The van der Waals surface area contributed by atoms with Gasteiger partial charge in [-0.15, -0.1) is 0 Å². The molecule has 0 amide bonds. The van der Waals surface area contributed by atoms with Crippen LogP contribution in [0.25, 0.3) is 0 Å². The highest BCUT2D eigenvalue weighted by Crippen LogP contribution is 2.19. The van der Waals surface area contributed by atoms with E-state index in [0.29, 0.717) is 0 Å². The fourth-order valence-electron chi connectivity index (χ4n) is 1.50. The second-order valence-corrected chi connectivity index (χ2v) is 3.18. The summed E-state index contributed by atoms with van der Waals surface area (Å²) in [4.78, 5) is 8.35. The molecule has 2 aromatic heterocycles. The molecule has 78 valence electrons. The second-order valence-electron chi connectivity index (χ2n) is 3.18. The van der Waals surface area contributed by atoms with E-state index in [2.05, 4.69) is 22.2 Å². The summed E-state index contributed by atoms with van der Waals surface area (Å²) in [5.74, 6) is 0. The van der Waals surface area contributed by atoms with E-state index in [1.165, 1.54) is 0 Å². The van der Waals surface area contributed by atoms with E-state index in [1.807, 2.05) is 6.07 Å². The maximum atomic E-state index is 5.08. The summed E-state index contributed by atoms with van der Waals surface area (Å²) < 4.78 is 5.08. The van der Waals surface area contributed by atoms with Gasteiger partial charge in [0, 0.05) is 18.0 Å². The predicted octanol–water partition coefficient (Wildman–Crippen LogP) is 1.77. The number of rotatable bonds is 4. The van der Waals surface area contributed by atoms with Crippen LogP contribution >= 0.6 is 0 Å². The maximum absolute atomic E-state index is 5.08. The van der Waals surface area contributed by atoms with Gasteiger partial charge in [-0.2, -0.15) is 0 Å². The first-order valence-electron chi connectivity index (χ1n) is 4.93. The largest absolute Gasteiger partial charge is 0.472 e. The van der Waals surface area contributed by atoms with Gasteiger partial charge in [0.2, 0.25) is 0 Å². The van der Waals surface area contributed by atoms with Gasteiger partial charge in [0.1, 0.15) is 0 Å². The van der Waals surface area contributed by atoms with Crippen molar-refractivity contribution in [1.29, 1.82) is 0 Å². The number of hydrogen-bond acceptors (Lipinski definition) is 4. The summed E-state index contributed by atoms with van der Waals surface area (Å²) >= 11 is 0. The first kappa shape index (κ1) is 9.86. The van der Waals surface area contributed by atoms with Gasteiger partial charge in [0.25, 0.3) is 0 Å². The summed E-state index contributed by atoms with van der Waals surface area (Å²) in [6.07, 6.45) is 8.51. The van der Waals surface area contributed by atoms with Crippen LogP contribution < -0.4 is 5.32 Å². The Morgan fingerprint density at radius 1 is 1.47 bits per heavy atom. The third kappa shape index (κ3) is 2.22. The highest BCUT2D eigenvalue weighted by atomic mass is 16.3. The normalized spacial score (nSPS) is 12.6. The molecular formula is C11H13N3O. The monoisotopic (exact) mass is 203 g/mol. The Hall–Kier alpha value is -1.68. The number of furan rings is 1. The molecule has 2 heterocycles. The third-order valence-electron chi connectivity index (χ3n) is 2.16. The number of aromatic nitrogens is 2. The lowest BCUT2D eigenvalue weighted by Crippen LogP contribution is -2.22. The van der Waals surface area contributed by atoms with Crippen LogP contribution in [0.5, 0.6) is 0 Å². The fourth-order valence-corrected chi connectivity index (χ4v) is 1.50. The predicted molar refractivity (Wildman–Crippen MR) is 56.3 cm³/mol.